The van der Waals surface area contributed by atoms with E-state index < -0.39 is 16.1 Å². The van der Waals surface area contributed by atoms with Gasteiger partial charge in [-0.25, -0.2) is 8.42 Å². The van der Waals surface area contributed by atoms with Crippen LogP contribution >= 0.6 is 11.6 Å². The minimum absolute atomic E-state index is 0.193. The summed E-state index contributed by atoms with van der Waals surface area (Å²) >= 11 is 5.85. The number of nitrogens with one attached hydrogen (secondary N) is 1. The number of sulfonamides is 1. The van der Waals surface area contributed by atoms with E-state index in [0.29, 0.717) is 36.0 Å². The fourth-order valence-electron chi connectivity index (χ4n) is 2.65. The van der Waals surface area contributed by atoms with Crippen molar-refractivity contribution in [1.29, 1.82) is 0 Å². The number of benzene rings is 2. The molecule has 6 nitrogen and oxygen atoms in total. The van der Waals surface area contributed by atoms with Crippen molar-refractivity contribution < 1.29 is 17.9 Å². The lowest BCUT2D eigenvalue weighted by molar-refractivity contribution is -0.122. The van der Waals surface area contributed by atoms with Gasteiger partial charge in [0.05, 0.1) is 4.90 Å². The molecule has 28 heavy (non-hydrogen) atoms. The molecule has 0 saturated carbocycles. The fourth-order valence-corrected chi connectivity index (χ4v) is 4.23. The van der Waals surface area contributed by atoms with Crippen LogP contribution in [0.25, 0.3) is 0 Å². The summed E-state index contributed by atoms with van der Waals surface area (Å²) in [5.41, 5.74) is 0.502. The van der Waals surface area contributed by atoms with Gasteiger partial charge in [0.1, 0.15) is 5.75 Å². The van der Waals surface area contributed by atoms with Gasteiger partial charge in [0.15, 0.2) is 6.10 Å². The average Bonchev–Trinajstić information content (AvgIpc) is 2.68. The van der Waals surface area contributed by atoms with Crippen LogP contribution in [0.3, 0.4) is 0 Å². The third-order valence-corrected chi connectivity index (χ3v) is 6.54. The second kappa shape index (κ2) is 9.91. The van der Waals surface area contributed by atoms with Crippen LogP contribution in [0.5, 0.6) is 5.75 Å². The van der Waals surface area contributed by atoms with E-state index in [4.69, 9.17) is 16.3 Å². The third kappa shape index (κ3) is 5.47. The Bertz CT molecular complexity index is 879. The molecule has 0 aliphatic heterocycles. The van der Waals surface area contributed by atoms with Crippen molar-refractivity contribution in [1.82, 2.24) is 4.31 Å². The number of hydrogen-bond acceptors (Lipinski definition) is 4. The number of nitrogens with zero attached hydrogens (tertiary/aromatic N) is 1. The minimum atomic E-state index is -3.53. The molecular weight excluding hydrogens is 400 g/mol. The quantitative estimate of drug-likeness (QED) is 0.655. The Morgan fingerprint density at radius 3 is 2.11 bits per heavy atom. The Labute approximate surface area is 171 Å². The van der Waals surface area contributed by atoms with Gasteiger partial charge in [-0.15, -0.1) is 0 Å². The maximum Gasteiger partial charge on any atom is 0.265 e. The maximum absolute atomic E-state index is 12.5. The Kier molecular flexibility index (Phi) is 7.86. The molecule has 0 aromatic heterocycles. The zero-order valence-electron chi connectivity index (χ0n) is 16.2. The molecule has 1 atom stereocenters. The first kappa shape index (κ1) is 22.2. The van der Waals surface area contributed by atoms with Crippen LogP contribution in [0.4, 0.5) is 5.69 Å². The SMILES string of the molecule is CC[C@H](Oc1ccc(Cl)cc1)C(=O)Nc1ccc(S(=O)(=O)N(CC)CC)cc1. The van der Waals surface area contributed by atoms with Gasteiger partial charge in [0.25, 0.3) is 5.91 Å². The first-order chi connectivity index (χ1) is 13.3. The standard InChI is InChI=1S/C20H25ClN2O4S/c1-4-19(27-17-11-7-15(21)8-12-17)20(24)22-16-9-13-18(14-10-16)28(25,26)23(5-2)6-3/h7-14,19H,4-6H2,1-3H3,(H,22,24)/t19-/m0/s1. The van der Waals surface area contributed by atoms with Crippen molar-refractivity contribution in [2.24, 2.45) is 0 Å². The molecule has 2 aromatic carbocycles. The largest absolute Gasteiger partial charge is 0.481 e. The highest BCUT2D eigenvalue weighted by molar-refractivity contribution is 7.89. The molecular formula is C20H25ClN2O4S. The highest BCUT2D eigenvalue weighted by Gasteiger charge is 2.22. The predicted octanol–water partition coefficient (Wildman–Crippen LogP) is 4.17. The lowest BCUT2D eigenvalue weighted by Crippen LogP contribution is -2.32. The van der Waals surface area contributed by atoms with E-state index in [1.807, 2.05) is 6.92 Å². The summed E-state index contributed by atoms with van der Waals surface area (Å²) in [6.45, 7) is 6.23. The summed E-state index contributed by atoms with van der Waals surface area (Å²) < 4.78 is 32.1. The Balaban J connectivity index is 2.07. The number of halogens is 1. The van der Waals surface area contributed by atoms with E-state index in [0.717, 1.165) is 0 Å². The number of ether oxygens (including phenoxy) is 1. The normalized spacial score (nSPS) is 12.6. The second-order valence-electron chi connectivity index (χ2n) is 6.07. The van der Waals surface area contributed by atoms with Gasteiger partial charge in [-0.2, -0.15) is 4.31 Å². The van der Waals surface area contributed by atoms with Crippen LogP contribution in [0, 0.1) is 0 Å². The molecule has 0 fully saturated rings. The number of carbonyl (C=O) groups excluding carboxylic acids is 1. The molecule has 0 heterocycles. The summed E-state index contributed by atoms with van der Waals surface area (Å²) in [6.07, 6.45) is -0.205. The van der Waals surface area contributed by atoms with Crippen molar-refractivity contribution in [2.45, 2.75) is 38.2 Å². The summed E-state index contributed by atoms with van der Waals surface area (Å²) in [4.78, 5) is 12.7. The first-order valence-electron chi connectivity index (χ1n) is 9.15. The molecule has 0 unspecified atom stereocenters. The molecule has 0 bridgehead atoms. The van der Waals surface area contributed by atoms with Gasteiger partial charge in [-0.1, -0.05) is 32.4 Å². The smallest absolute Gasteiger partial charge is 0.265 e. The van der Waals surface area contributed by atoms with Gasteiger partial charge in [-0.3, -0.25) is 4.79 Å². The topological polar surface area (TPSA) is 75.7 Å². The maximum atomic E-state index is 12.5. The zero-order chi connectivity index (χ0) is 20.7. The van der Waals surface area contributed by atoms with Crippen molar-refractivity contribution in [3.63, 3.8) is 0 Å². The first-order valence-corrected chi connectivity index (χ1v) is 11.0. The van der Waals surface area contributed by atoms with Gasteiger partial charge < -0.3 is 10.1 Å². The second-order valence-corrected chi connectivity index (χ2v) is 8.45. The van der Waals surface area contributed by atoms with Gasteiger partial charge >= 0.3 is 0 Å². The van der Waals surface area contributed by atoms with E-state index >= 15 is 0 Å². The molecule has 0 aliphatic rings. The van der Waals surface area contributed by atoms with Crippen LogP contribution in [-0.4, -0.2) is 37.8 Å². The van der Waals surface area contributed by atoms with E-state index in [1.54, 1.807) is 50.2 Å². The lowest BCUT2D eigenvalue weighted by Gasteiger charge is -2.19. The monoisotopic (exact) mass is 424 g/mol. The average molecular weight is 425 g/mol. The summed E-state index contributed by atoms with van der Waals surface area (Å²) in [5, 5.41) is 3.35. The van der Waals surface area contributed by atoms with Crippen molar-refractivity contribution in [2.75, 3.05) is 18.4 Å². The van der Waals surface area contributed by atoms with Gasteiger partial charge in [-0.05, 0) is 55.0 Å². The lowest BCUT2D eigenvalue weighted by atomic mass is 10.2. The Morgan fingerprint density at radius 1 is 1.04 bits per heavy atom. The molecule has 8 heteroatoms. The van der Waals surface area contributed by atoms with Gasteiger partial charge in [0.2, 0.25) is 10.0 Å². The summed E-state index contributed by atoms with van der Waals surface area (Å²) in [5.74, 6) is 0.240. The van der Waals surface area contributed by atoms with Crippen LogP contribution in [0.2, 0.25) is 5.02 Å². The molecule has 1 amide bonds. The van der Waals surface area contributed by atoms with Crippen molar-refractivity contribution >= 4 is 33.2 Å². The predicted molar refractivity (Wildman–Crippen MR) is 111 cm³/mol. The molecule has 0 spiro atoms. The zero-order valence-corrected chi connectivity index (χ0v) is 17.8. The summed E-state index contributed by atoms with van der Waals surface area (Å²) in [7, 11) is -3.53. The highest BCUT2D eigenvalue weighted by Crippen LogP contribution is 2.20. The third-order valence-electron chi connectivity index (χ3n) is 4.22. The van der Waals surface area contributed by atoms with Crippen molar-refractivity contribution in [3.05, 3.63) is 53.6 Å². The number of carbonyl (C=O) groups is 1. The van der Waals surface area contributed by atoms with E-state index in [2.05, 4.69) is 5.32 Å². The van der Waals surface area contributed by atoms with Crippen LogP contribution < -0.4 is 10.1 Å². The van der Waals surface area contributed by atoms with Crippen LogP contribution in [0.1, 0.15) is 27.2 Å². The molecule has 0 radical (unpaired) electrons. The highest BCUT2D eigenvalue weighted by atomic mass is 35.5. The van der Waals surface area contributed by atoms with Crippen molar-refractivity contribution in [3.8, 4) is 5.75 Å². The van der Waals surface area contributed by atoms with Gasteiger partial charge in [0, 0.05) is 23.8 Å². The molecule has 1 N–H and O–H groups in total. The number of rotatable bonds is 9. The van der Waals surface area contributed by atoms with E-state index in [-0.39, 0.29) is 10.8 Å². The number of amides is 1. The number of anilines is 1. The van der Waals surface area contributed by atoms with E-state index in [1.165, 1.54) is 16.4 Å². The molecule has 0 saturated heterocycles. The molecule has 152 valence electrons. The number of hydrogen-bond donors (Lipinski definition) is 1. The summed E-state index contributed by atoms with van der Waals surface area (Å²) in [6, 6.07) is 12.9. The molecule has 0 aliphatic carbocycles. The van der Waals surface area contributed by atoms with Crippen LogP contribution in [0.15, 0.2) is 53.4 Å². The molecule has 2 aromatic rings. The minimum Gasteiger partial charge on any atom is -0.481 e. The molecule has 2 rings (SSSR count). The van der Waals surface area contributed by atoms with Crippen LogP contribution in [-0.2, 0) is 14.8 Å². The fraction of sp³-hybridized carbons (Fsp3) is 0.350. The van der Waals surface area contributed by atoms with E-state index in [9.17, 15) is 13.2 Å². The Hall–Kier alpha value is -2.09. The Morgan fingerprint density at radius 2 is 1.61 bits per heavy atom.